The third-order valence-corrected chi connectivity index (χ3v) is 20.5. The Morgan fingerprint density at radius 2 is 0.931 bits per heavy atom. The molecule has 13 rings (SSSR count). The second-order valence-electron chi connectivity index (χ2n) is 27.0. The van der Waals surface area contributed by atoms with Gasteiger partial charge in [-0.3, -0.25) is 0 Å². The largest absolute Gasteiger partial charge is 0.311 e. The van der Waals surface area contributed by atoms with Crippen molar-refractivity contribution < 1.29 is 0 Å². The number of nitrogens with zero attached hydrogens (tertiary/aromatic N) is 2. The molecule has 4 heteroatoms. The first-order valence-electron chi connectivity index (χ1n) is 27.2. The highest BCUT2D eigenvalue weighted by Gasteiger charge is 2.50. The Morgan fingerprint density at radius 3 is 1.57 bits per heavy atom. The van der Waals surface area contributed by atoms with Gasteiger partial charge in [0.25, 0.3) is 6.71 Å². The second-order valence-corrected chi connectivity index (χ2v) is 28.0. The van der Waals surface area contributed by atoms with Gasteiger partial charge >= 0.3 is 0 Å². The van der Waals surface area contributed by atoms with E-state index < -0.39 is 0 Å². The topological polar surface area (TPSA) is 6.48 Å². The summed E-state index contributed by atoms with van der Waals surface area (Å²) in [5.74, 6) is 0.969. The summed E-state index contributed by atoms with van der Waals surface area (Å²) in [6.07, 6.45) is 5.93. The Balaban J connectivity index is 1.18. The smallest absolute Gasteiger partial charge is 0.253 e. The lowest BCUT2D eigenvalue weighted by atomic mass is 9.33. The van der Waals surface area contributed by atoms with Crippen LogP contribution in [0.1, 0.15) is 165 Å². The summed E-state index contributed by atoms with van der Waals surface area (Å²) >= 11 is 2.10. The van der Waals surface area contributed by atoms with Crippen molar-refractivity contribution in [3.05, 3.63) is 165 Å². The fourth-order valence-electron chi connectivity index (χ4n) is 15.1. The first kappa shape index (κ1) is 46.3. The molecule has 72 heavy (non-hydrogen) atoms. The van der Waals surface area contributed by atoms with Crippen molar-refractivity contribution in [2.75, 3.05) is 9.80 Å². The van der Waals surface area contributed by atoms with E-state index in [0.29, 0.717) is 0 Å². The number of fused-ring (bicyclic) bond motifs is 11. The summed E-state index contributed by atoms with van der Waals surface area (Å²) in [7, 11) is 0. The van der Waals surface area contributed by atoms with Gasteiger partial charge in [-0.1, -0.05) is 156 Å². The predicted octanol–water partition coefficient (Wildman–Crippen LogP) is 17.0. The summed E-state index contributed by atoms with van der Waals surface area (Å²) in [5.41, 5.74) is 31.2. The SMILES string of the molecule is Cc1cc2c(cc1N1c3cc4c(cc3B3c5c1cc(-c1ccccc1)cc5N(c1ccccc1C)c1ccc5c(c13)SCc1cc3c(cc1-5)C(C)(C)CCC3(C)C)C(C)(C)CC4(C)C)C(C)(C)CCC2(C)C. The zero-order valence-electron chi connectivity index (χ0n) is 45.6. The van der Waals surface area contributed by atoms with E-state index in [1.165, 1.54) is 142 Å². The van der Waals surface area contributed by atoms with E-state index in [2.05, 4.69) is 234 Å². The molecule has 0 spiro atoms. The third-order valence-electron chi connectivity index (χ3n) is 19.3. The minimum absolute atomic E-state index is 0.0106. The minimum atomic E-state index is 0.0106. The van der Waals surface area contributed by atoms with E-state index in [9.17, 15) is 0 Å². The van der Waals surface area contributed by atoms with Crippen LogP contribution in [0.15, 0.2) is 120 Å². The molecule has 0 atom stereocenters. The average molecular weight is 961 g/mol. The van der Waals surface area contributed by atoms with Gasteiger partial charge < -0.3 is 9.80 Å². The van der Waals surface area contributed by atoms with Gasteiger partial charge in [-0.15, -0.1) is 11.8 Å². The fourth-order valence-corrected chi connectivity index (χ4v) is 16.4. The number of thioether (sulfide) groups is 1. The molecule has 0 bridgehead atoms. The number of aryl methyl sites for hydroxylation is 2. The fraction of sp³-hybridized carbons (Fsp3) is 0.382. The van der Waals surface area contributed by atoms with E-state index in [-0.39, 0.29) is 39.2 Å². The Kier molecular flexibility index (Phi) is 9.71. The number of benzene rings is 7. The van der Waals surface area contributed by atoms with Crippen LogP contribution in [0.4, 0.5) is 34.1 Å². The molecule has 0 saturated heterocycles. The lowest BCUT2D eigenvalue weighted by Crippen LogP contribution is -2.62. The number of anilines is 6. The second kappa shape index (κ2) is 15.1. The number of hydrogen-bond acceptors (Lipinski definition) is 3. The van der Waals surface area contributed by atoms with E-state index in [0.717, 1.165) is 12.2 Å². The standard InChI is InChI=1S/C68H73BN2S/c1-40-20-18-19-23-54(40)70-55-25-24-45-46-34-49-48(64(5,6)27-28-65(49,7)8)31-44(46)38-72-62(45)61(55)69-53-35-50-52(68(13,14)39-67(50,11)12)37-57(53)71(59-33-43(32-58(70)60(59)69)42-21-16-15-17-22-42)56-36-51-47(30-41(56)2)63(3,4)26-29-66(51,9)10/h15-25,30-37H,26-29,38-39H2,1-14H3. The zero-order valence-corrected chi connectivity index (χ0v) is 46.4. The van der Waals surface area contributed by atoms with Gasteiger partial charge in [-0.05, 0) is 210 Å². The molecule has 0 aromatic heterocycles. The highest BCUT2D eigenvalue weighted by molar-refractivity contribution is 7.99. The molecule has 7 aromatic rings. The number of hydrogen-bond donors (Lipinski definition) is 0. The predicted molar refractivity (Wildman–Crippen MR) is 312 cm³/mol. The number of rotatable bonds is 3. The molecule has 0 fully saturated rings. The average Bonchev–Trinajstić information content (AvgIpc) is 3.52. The van der Waals surface area contributed by atoms with Crippen LogP contribution < -0.4 is 26.2 Å². The molecular formula is C68H73BN2S. The van der Waals surface area contributed by atoms with Crippen LogP contribution in [0.25, 0.3) is 22.3 Å². The Morgan fingerprint density at radius 1 is 0.403 bits per heavy atom. The Hall–Kier alpha value is -5.45. The normalized spacial score (nSPS) is 20.3. The van der Waals surface area contributed by atoms with Crippen molar-refractivity contribution in [3.63, 3.8) is 0 Å². The van der Waals surface area contributed by atoms with Gasteiger partial charge in [-0.25, -0.2) is 0 Å². The number of para-hydroxylation sites is 1. The molecule has 0 amide bonds. The van der Waals surface area contributed by atoms with Crippen LogP contribution in [-0.2, 0) is 38.2 Å². The van der Waals surface area contributed by atoms with E-state index in [4.69, 9.17) is 0 Å². The van der Waals surface area contributed by atoms with Crippen LogP contribution in [0.3, 0.4) is 0 Å². The summed E-state index contributed by atoms with van der Waals surface area (Å²) < 4.78 is 0. The monoisotopic (exact) mass is 961 g/mol. The van der Waals surface area contributed by atoms with Crippen LogP contribution in [-0.4, -0.2) is 6.71 Å². The van der Waals surface area contributed by atoms with E-state index in [1.54, 1.807) is 11.1 Å². The maximum absolute atomic E-state index is 2.76. The highest BCUT2D eigenvalue weighted by Crippen LogP contribution is 2.57. The van der Waals surface area contributed by atoms with Crippen molar-refractivity contribution in [3.8, 4) is 22.3 Å². The quantitative estimate of drug-likeness (QED) is 0.163. The maximum atomic E-state index is 2.76. The molecule has 0 saturated carbocycles. The van der Waals surface area contributed by atoms with Crippen molar-refractivity contribution in [1.82, 2.24) is 0 Å². The lowest BCUT2D eigenvalue weighted by Gasteiger charge is -2.47. The first-order chi connectivity index (χ1) is 34.0. The molecule has 364 valence electrons. The molecule has 6 aliphatic rings. The van der Waals surface area contributed by atoms with Crippen LogP contribution >= 0.6 is 11.8 Å². The molecule has 3 aliphatic carbocycles. The van der Waals surface area contributed by atoms with Gasteiger partial charge in [0.1, 0.15) is 0 Å². The molecule has 0 unspecified atom stereocenters. The maximum Gasteiger partial charge on any atom is 0.253 e. The molecular weight excluding hydrogens is 888 g/mol. The van der Waals surface area contributed by atoms with Crippen molar-refractivity contribution in [2.24, 2.45) is 0 Å². The van der Waals surface area contributed by atoms with E-state index in [1.807, 2.05) is 0 Å². The van der Waals surface area contributed by atoms with Crippen molar-refractivity contribution in [1.29, 1.82) is 0 Å². The Bertz CT molecular complexity index is 3490. The van der Waals surface area contributed by atoms with Gasteiger partial charge in [-0.2, -0.15) is 0 Å². The van der Waals surface area contributed by atoms with Crippen LogP contribution in [0, 0.1) is 13.8 Å². The highest BCUT2D eigenvalue weighted by atomic mass is 32.2. The summed E-state index contributed by atoms with van der Waals surface area (Å²) in [5, 5.41) is 0. The first-order valence-corrected chi connectivity index (χ1v) is 28.2. The van der Waals surface area contributed by atoms with Crippen LogP contribution in [0.2, 0.25) is 0 Å². The van der Waals surface area contributed by atoms with Crippen molar-refractivity contribution in [2.45, 2.75) is 172 Å². The lowest BCUT2D eigenvalue weighted by molar-refractivity contribution is 0.332. The molecule has 2 nitrogen and oxygen atoms in total. The zero-order chi connectivity index (χ0) is 50.4. The van der Waals surface area contributed by atoms with Gasteiger partial charge in [0.05, 0.1) is 0 Å². The van der Waals surface area contributed by atoms with Crippen molar-refractivity contribution >= 4 is 69.0 Å². The molecule has 0 N–H and O–H groups in total. The molecule has 3 aliphatic heterocycles. The van der Waals surface area contributed by atoms with Crippen LogP contribution in [0.5, 0.6) is 0 Å². The Labute approximate surface area is 436 Å². The third kappa shape index (κ3) is 6.55. The van der Waals surface area contributed by atoms with Gasteiger partial charge in [0, 0.05) is 44.8 Å². The molecule has 7 aromatic carbocycles. The summed E-state index contributed by atoms with van der Waals surface area (Å²) in [4.78, 5) is 6.89. The van der Waals surface area contributed by atoms with E-state index >= 15 is 0 Å². The summed E-state index contributed by atoms with van der Waals surface area (Å²) in [6.45, 7) is 34.6. The van der Waals surface area contributed by atoms with Gasteiger partial charge in [0.15, 0.2) is 0 Å². The minimum Gasteiger partial charge on any atom is -0.311 e. The van der Waals surface area contributed by atoms with Gasteiger partial charge in [0.2, 0.25) is 0 Å². The molecule has 3 heterocycles. The molecule has 0 radical (unpaired) electrons. The summed E-state index contributed by atoms with van der Waals surface area (Å²) in [6, 6.07) is 46.4.